The Labute approximate surface area is 106 Å². The lowest BCUT2D eigenvalue weighted by atomic mass is 10.1. The minimum absolute atomic E-state index is 0.514. The second-order valence-electron chi connectivity index (χ2n) is 5.18. The van der Waals surface area contributed by atoms with Crippen LogP contribution in [0.15, 0.2) is 18.2 Å². The smallest absolute Gasteiger partial charge is 0.201 e. The van der Waals surface area contributed by atoms with Crippen molar-refractivity contribution in [2.45, 2.75) is 26.3 Å². The molecular formula is C14H16N4. The number of hydrogen-bond acceptors (Lipinski definition) is 3. The average molecular weight is 240 g/mol. The SMILES string of the molecule is CC(Cn1c(N)nc2c(C#N)cccc21)C1CC1. The number of nitrogens with zero attached hydrogens (tertiary/aromatic N) is 3. The van der Waals surface area contributed by atoms with Crippen molar-refractivity contribution in [1.29, 1.82) is 5.26 Å². The average Bonchev–Trinajstić information content (AvgIpc) is 3.16. The topological polar surface area (TPSA) is 67.6 Å². The molecule has 92 valence electrons. The first kappa shape index (κ1) is 11.1. The number of hydrogen-bond donors (Lipinski definition) is 1. The van der Waals surface area contributed by atoms with Crippen molar-refractivity contribution in [1.82, 2.24) is 9.55 Å². The van der Waals surface area contributed by atoms with Gasteiger partial charge in [0.15, 0.2) is 0 Å². The molecule has 0 aliphatic heterocycles. The Balaban J connectivity index is 2.05. The quantitative estimate of drug-likeness (QED) is 0.896. The molecule has 1 aromatic heterocycles. The zero-order chi connectivity index (χ0) is 12.7. The molecule has 1 atom stereocenters. The van der Waals surface area contributed by atoms with Crippen LogP contribution in [0.4, 0.5) is 5.95 Å². The molecule has 1 aliphatic rings. The molecule has 4 heteroatoms. The monoisotopic (exact) mass is 240 g/mol. The fourth-order valence-corrected chi connectivity index (χ4v) is 2.55. The number of imidazole rings is 1. The lowest BCUT2D eigenvalue weighted by molar-refractivity contribution is 0.439. The van der Waals surface area contributed by atoms with Crippen LogP contribution in [0.2, 0.25) is 0 Å². The zero-order valence-electron chi connectivity index (χ0n) is 10.4. The summed E-state index contributed by atoms with van der Waals surface area (Å²) in [6.45, 7) is 3.15. The largest absolute Gasteiger partial charge is 0.369 e. The van der Waals surface area contributed by atoms with Crippen molar-refractivity contribution >= 4 is 17.0 Å². The molecule has 2 N–H and O–H groups in total. The summed E-state index contributed by atoms with van der Waals surface area (Å²) in [5.74, 6) is 1.97. The van der Waals surface area contributed by atoms with Gasteiger partial charge in [0.25, 0.3) is 0 Å². The van der Waals surface area contributed by atoms with Crippen molar-refractivity contribution < 1.29 is 0 Å². The first-order valence-corrected chi connectivity index (χ1v) is 6.35. The first-order valence-electron chi connectivity index (χ1n) is 6.35. The van der Waals surface area contributed by atoms with E-state index in [0.29, 0.717) is 17.4 Å². The third kappa shape index (κ3) is 1.72. The van der Waals surface area contributed by atoms with Crippen LogP contribution in [-0.4, -0.2) is 9.55 Å². The number of aromatic nitrogens is 2. The summed E-state index contributed by atoms with van der Waals surface area (Å²) in [6.07, 6.45) is 2.66. The lowest BCUT2D eigenvalue weighted by Gasteiger charge is -2.12. The molecule has 3 rings (SSSR count). The Kier molecular flexibility index (Phi) is 2.48. The van der Waals surface area contributed by atoms with Crippen LogP contribution in [0, 0.1) is 23.2 Å². The summed E-state index contributed by atoms with van der Waals surface area (Å²) in [5, 5.41) is 9.08. The third-order valence-corrected chi connectivity index (χ3v) is 3.83. The van der Waals surface area contributed by atoms with Gasteiger partial charge in [0, 0.05) is 6.54 Å². The number of fused-ring (bicyclic) bond motifs is 1. The van der Waals surface area contributed by atoms with E-state index in [0.717, 1.165) is 23.5 Å². The van der Waals surface area contributed by atoms with Crippen LogP contribution in [0.5, 0.6) is 0 Å². The molecule has 1 aliphatic carbocycles. The van der Waals surface area contributed by atoms with Crippen LogP contribution in [0.1, 0.15) is 25.3 Å². The Morgan fingerprint density at radius 3 is 3.00 bits per heavy atom. The van der Waals surface area contributed by atoms with Gasteiger partial charge in [0.1, 0.15) is 11.6 Å². The maximum Gasteiger partial charge on any atom is 0.201 e. The molecular weight excluding hydrogens is 224 g/mol. The summed E-state index contributed by atoms with van der Waals surface area (Å²) in [6, 6.07) is 7.82. The minimum Gasteiger partial charge on any atom is -0.369 e. The van der Waals surface area contributed by atoms with E-state index >= 15 is 0 Å². The standard InChI is InChI=1S/C14H16N4/c1-9(10-5-6-10)8-18-12-4-2-3-11(7-15)13(12)17-14(18)16/h2-4,9-10H,5-6,8H2,1H3,(H2,16,17). The minimum atomic E-state index is 0.514. The molecule has 1 aromatic carbocycles. The zero-order valence-corrected chi connectivity index (χ0v) is 10.4. The number of anilines is 1. The Bertz CT molecular complexity index is 631. The van der Waals surface area contributed by atoms with Crippen molar-refractivity contribution in [2.24, 2.45) is 11.8 Å². The first-order chi connectivity index (χ1) is 8.70. The van der Waals surface area contributed by atoms with Gasteiger partial charge in [-0.2, -0.15) is 5.26 Å². The molecule has 1 fully saturated rings. The number of nitrogen functional groups attached to an aromatic ring is 1. The molecule has 0 radical (unpaired) electrons. The van der Waals surface area contributed by atoms with Gasteiger partial charge >= 0.3 is 0 Å². The number of rotatable bonds is 3. The third-order valence-electron chi connectivity index (χ3n) is 3.83. The molecule has 18 heavy (non-hydrogen) atoms. The van der Waals surface area contributed by atoms with E-state index in [9.17, 15) is 0 Å². The van der Waals surface area contributed by atoms with Crippen LogP contribution in [-0.2, 0) is 6.54 Å². The van der Waals surface area contributed by atoms with Crippen LogP contribution in [0.3, 0.4) is 0 Å². The summed E-state index contributed by atoms with van der Waals surface area (Å²) in [4.78, 5) is 4.33. The fraction of sp³-hybridized carbons (Fsp3) is 0.429. The molecule has 0 saturated heterocycles. The van der Waals surface area contributed by atoms with Crippen molar-refractivity contribution in [2.75, 3.05) is 5.73 Å². The van der Waals surface area contributed by atoms with Gasteiger partial charge in [0.05, 0.1) is 11.1 Å². The molecule has 4 nitrogen and oxygen atoms in total. The molecule has 1 unspecified atom stereocenters. The normalized spacial score (nSPS) is 16.7. The van der Waals surface area contributed by atoms with Crippen LogP contribution < -0.4 is 5.73 Å². The van der Waals surface area contributed by atoms with E-state index in [4.69, 9.17) is 11.0 Å². The molecule has 1 heterocycles. The summed E-state index contributed by atoms with van der Waals surface area (Å²) >= 11 is 0. The van der Waals surface area contributed by atoms with E-state index in [1.54, 1.807) is 6.07 Å². The molecule has 0 amide bonds. The van der Waals surface area contributed by atoms with Gasteiger partial charge in [-0.25, -0.2) is 4.98 Å². The summed E-state index contributed by atoms with van der Waals surface area (Å²) in [5.41, 5.74) is 8.28. The lowest BCUT2D eigenvalue weighted by Crippen LogP contribution is -2.11. The number of benzene rings is 1. The van der Waals surface area contributed by atoms with Gasteiger partial charge in [-0.3, -0.25) is 0 Å². The van der Waals surface area contributed by atoms with Gasteiger partial charge in [0.2, 0.25) is 5.95 Å². The van der Waals surface area contributed by atoms with Crippen LogP contribution >= 0.6 is 0 Å². The van der Waals surface area contributed by atoms with Gasteiger partial charge in [-0.1, -0.05) is 13.0 Å². The highest BCUT2D eigenvalue weighted by atomic mass is 15.2. The number of para-hydroxylation sites is 1. The molecule has 1 saturated carbocycles. The van der Waals surface area contributed by atoms with Crippen LogP contribution in [0.25, 0.3) is 11.0 Å². The highest BCUT2D eigenvalue weighted by molar-refractivity contribution is 5.83. The van der Waals surface area contributed by atoms with Crippen molar-refractivity contribution in [3.8, 4) is 6.07 Å². The second kappa shape index (κ2) is 4.02. The highest BCUT2D eigenvalue weighted by Crippen LogP contribution is 2.38. The Morgan fingerprint density at radius 1 is 1.56 bits per heavy atom. The van der Waals surface area contributed by atoms with Gasteiger partial charge in [-0.05, 0) is 36.8 Å². The van der Waals surface area contributed by atoms with E-state index < -0.39 is 0 Å². The van der Waals surface area contributed by atoms with E-state index in [-0.39, 0.29) is 0 Å². The highest BCUT2D eigenvalue weighted by Gasteiger charge is 2.28. The van der Waals surface area contributed by atoms with E-state index in [2.05, 4.69) is 18.0 Å². The maximum absolute atomic E-state index is 9.08. The van der Waals surface area contributed by atoms with Crippen molar-refractivity contribution in [3.05, 3.63) is 23.8 Å². The predicted molar refractivity (Wildman–Crippen MR) is 70.7 cm³/mol. The summed E-state index contributed by atoms with van der Waals surface area (Å²) in [7, 11) is 0. The molecule has 0 spiro atoms. The predicted octanol–water partition coefficient (Wildman–Crippen LogP) is 2.54. The van der Waals surface area contributed by atoms with E-state index in [1.807, 2.05) is 16.7 Å². The Hall–Kier alpha value is -2.02. The fourth-order valence-electron chi connectivity index (χ4n) is 2.55. The second-order valence-corrected chi connectivity index (χ2v) is 5.18. The van der Waals surface area contributed by atoms with Gasteiger partial charge in [-0.15, -0.1) is 0 Å². The molecule has 0 bridgehead atoms. The number of nitrogens with two attached hydrogens (primary N) is 1. The Morgan fingerprint density at radius 2 is 2.33 bits per heavy atom. The number of nitriles is 1. The molecule has 2 aromatic rings. The summed E-state index contributed by atoms with van der Waals surface area (Å²) < 4.78 is 2.04. The maximum atomic E-state index is 9.08. The van der Waals surface area contributed by atoms with Crippen molar-refractivity contribution in [3.63, 3.8) is 0 Å². The van der Waals surface area contributed by atoms with E-state index in [1.165, 1.54) is 12.8 Å². The van der Waals surface area contributed by atoms with Gasteiger partial charge < -0.3 is 10.3 Å².